The molecule has 2 N–H and O–H groups in total. The van der Waals surface area contributed by atoms with Gasteiger partial charge in [-0.1, -0.05) is 12.1 Å². The van der Waals surface area contributed by atoms with Crippen LogP contribution in [0.1, 0.15) is 0 Å². The van der Waals surface area contributed by atoms with Crippen molar-refractivity contribution >= 4 is 28.6 Å². The fourth-order valence-corrected chi connectivity index (χ4v) is 3.49. The van der Waals surface area contributed by atoms with Gasteiger partial charge >= 0.3 is 12.1 Å². The summed E-state index contributed by atoms with van der Waals surface area (Å²) in [6.45, 7) is -1.98. The zero-order chi connectivity index (χ0) is 25.2. The standard InChI is InChI=1S/C22H20F3N5O5/c1-34-21(33)16-11-29(6-7-31)20(32)19(16)26-13-8-14(10-15(9-13)35-12-22(23,24)25)30-27-17-4-2-3-5-18(17)28-30/h2-5,8-10,26,31H,6-7,11-12H2,1H3. The van der Waals surface area contributed by atoms with Crippen molar-refractivity contribution in [2.75, 3.05) is 38.7 Å². The van der Waals surface area contributed by atoms with Crippen LogP contribution in [0.15, 0.2) is 53.7 Å². The molecule has 35 heavy (non-hydrogen) atoms. The molecule has 1 amide bonds. The molecule has 1 aliphatic heterocycles. The molecule has 13 heteroatoms. The predicted octanol–water partition coefficient (Wildman–Crippen LogP) is 2.04. The highest BCUT2D eigenvalue weighted by atomic mass is 19.4. The second-order valence-corrected chi connectivity index (χ2v) is 7.52. The molecule has 2 heterocycles. The number of benzene rings is 2. The minimum atomic E-state index is -4.57. The highest BCUT2D eigenvalue weighted by molar-refractivity contribution is 6.08. The summed E-state index contributed by atoms with van der Waals surface area (Å²) in [5.41, 5.74) is 1.41. The van der Waals surface area contributed by atoms with E-state index in [4.69, 9.17) is 9.47 Å². The Morgan fingerprint density at radius 1 is 1.17 bits per heavy atom. The third-order valence-corrected chi connectivity index (χ3v) is 5.03. The first-order chi connectivity index (χ1) is 16.7. The van der Waals surface area contributed by atoms with Gasteiger partial charge in [0.15, 0.2) is 6.61 Å². The maximum Gasteiger partial charge on any atom is 0.422 e. The van der Waals surface area contributed by atoms with Crippen molar-refractivity contribution in [1.29, 1.82) is 0 Å². The van der Waals surface area contributed by atoms with Crippen LogP contribution in [0.2, 0.25) is 0 Å². The highest BCUT2D eigenvalue weighted by Crippen LogP contribution is 2.29. The Bertz CT molecular complexity index is 1270. The van der Waals surface area contributed by atoms with Crippen molar-refractivity contribution in [3.05, 3.63) is 53.7 Å². The molecular formula is C22H20F3N5O5. The number of hydrogen-bond donors (Lipinski definition) is 2. The van der Waals surface area contributed by atoms with Gasteiger partial charge in [-0.25, -0.2) is 4.79 Å². The Morgan fingerprint density at radius 2 is 1.86 bits per heavy atom. The number of aromatic nitrogens is 3. The van der Waals surface area contributed by atoms with Crippen molar-refractivity contribution in [2.45, 2.75) is 6.18 Å². The number of fused-ring (bicyclic) bond motifs is 1. The highest BCUT2D eigenvalue weighted by Gasteiger charge is 2.34. The number of aliphatic hydroxyl groups is 1. The number of anilines is 1. The van der Waals surface area contributed by atoms with Gasteiger partial charge in [0.25, 0.3) is 5.91 Å². The second kappa shape index (κ2) is 9.62. The number of amides is 1. The van der Waals surface area contributed by atoms with Gasteiger partial charge in [0.05, 0.1) is 31.5 Å². The maximum absolute atomic E-state index is 12.8. The maximum atomic E-state index is 12.8. The van der Waals surface area contributed by atoms with E-state index in [-0.39, 0.29) is 48.1 Å². The number of methoxy groups -OCH3 is 1. The summed E-state index contributed by atoms with van der Waals surface area (Å²) >= 11 is 0. The Balaban J connectivity index is 1.74. The number of nitrogens with zero attached hydrogens (tertiary/aromatic N) is 4. The molecule has 0 saturated heterocycles. The molecule has 0 unspecified atom stereocenters. The summed E-state index contributed by atoms with van der Waals surface area (Å²) in [4.78, 5) is 27.5. The third kappa shape index (κ3) is 5.35. The minimum absolute atomic E-state index is 0.0112. The summed E-state index contributed by atoms with van der Waals surface area (Å²) in [5, 5.41) is 20.7. The molecule has 4 rings (SSSR count). The molecule has 0 fully saturated rings. The molecule has 0 bridgehead atoms. The van der Waals surface area contributed by atoms with Crippen LogP contribution in [0, 0.1) is 0 Å². The Hall–Kier alpha value is -4.13. The lowest BCUT2D eigenvalue weighted by molar-refractivity contribution is -0.153. The molecule has 0 spiro atoms. The van der Waals surface area contributed by atoms with Crippen LogP contribution < -0.4 is 10.1 Å². The van der Waals surface area contributed by atoms with Gasteiger partial charge in [0, 0.05) is 24.4 Å². The summed E-state index contributed by atoms with van der Waals surface area (Å²) in [6.07, 6.45) is -4.57. The number of esters is 1. The molecule has 1 aromatic heterocycles. The van der Waals surface area contributed by atoms with E-state index >= 15 is 0 Å². The Morgan fingerprint density at radius 3 is 2.46 bits per heavy atom. The zero-order valence-electron chi connectivity index (χ0n) is 18.4. The lowest BCUT2D eigenvalue weighted by Crippen LogP contribution is -2.31. The summed E-state index contributed by atoms with van der Waals surface area (Å²) < 4.78 is 48.0. The number of ether oxygens (including phenoxy) is 2. The van der Waals surface area contributed by atoms with E-state index in [0.717, 1.165) is 7.11 Å². The zero-order valence-corrected chi connectivity index (χ0v) is 18.4. The largest absolute Gasteiger partial charge is 0.484 e. The van der Waals surface area contributed by atoms with E-state index in [1.54, 1.807) is 24.3 Å². The fourth-order valence-electron chi connectivity index (χ4n) is 3.49. The first kappa shape index (κ1) is 24.0. The van der Waals surface area contributed by atoms with Crippen LogP contribution in [-0.2, 0) is 14.3 Å². The van der Waals surface area contributed by atoms with Gasteiger partial charge in [0.2, 0.25) is 0 Å². The van der Waals surface area contributed by atoms with Crippen LogP contribution in [0.3, 0.4) is 0 Å². The Labute approximate surface area is 196 Å². The van der Waals surface area contributed by atoms with Crippen molar-refractivity contribution < 1.29 is 37.3 Å². The predicted molar refractivity (Wildman–Crippen MR) is 117 cm³/mol. The minimum Gasteiger partial charge on any atom is -0.484 e. The van der Waals surface area contributed by atoms with Crippen molar-refractivity contribution in [2.24, 2.45) is 0 Å². The normalized spacial score (nSPS) is 14.1. The van der Waals surface area contributed by atoms with Crippen molar-refractivity contribution in [3.63, 3.8) is 0 Å². The van der Waals surface area contributed by atoms with Gasteiger partial charge in [-0.2, -0.15) is 18.0 Å². The average Bonchev–Trinajstić information content (AvgIpc) is 3.39. The molecule has 184 valence electrons. The Kier molecular flexibility index (Phi) is 6.60. The first-order valence-electron chi connectivity index (χ1n) is 10.3. The van der Waals surface area contributed by atoms with Crippen LogP contribution >= 0.6 is 0 Å². The van der Waals surface area contributed by atoms with E-state index in [1.165, 1.54) is 27.9 Å². The number of aliphatic hydroxyl groups excluding tert-OH is 1. The van der Waals surface area contributed by atoms with E-state index in [9.17, 15) is 27.9 Å². The molecule has 3 aromatic rings. The average molecular weight is 491 g/mol. The first-order valence-corrected chi connectivity index (χ1v) is 10.3. The van der Waals surface area contributed by atoms with Gasteiger partial charge in [0.1, 0.15) is 22.5 Å². The molecule has 10 nitrogen and oxygen atoms in total. The topological polar surface area (TPSA) is 119 Å². The number of hydrogen-bond acceptors (Lipinski definition) is 8. The second-order valence-electron chi connectivity index (χ2n) is 7.52. The van der Waals surface area contributed by atoms with Crippen LogP contribution in [0.4, 0.5) is 18.9 Å². The molecule has 2 aromatic carbocycles. The molecule has 1 aliphatic rings. The van der Waals surface area contributed by atoms with E-state index in [2.05, 4.69) is 15.5 Å². The summed E-state index contributed by atoms with van der Waals surface area (Å²) in [5.74, 6) is -1.50. The summed E-state index contributed by atoms with van der Waals surface area (Å²) in [7, 11) is 1.16. The quantitative estimate of drug-likeness (QED) is 0.460. The van der Waals surface area contributed by atoms with Crippen molar-refractivity contribution in [1.82, 2.24) is 19.9 Å². The number of nitrogens with one attached hydrogen (secondary N) is 1. The van der Waals surface area contributed by atoms with Gasteiger partial charge < -0.3 is 24.8 Å². The lowest BCUT2D eigenvalue weighted by atomic mass is 10.2. The van der Waals surface area contributed by atoms with E-state index < -0.39 is 24.7 Å². The number of rotatable bonds is 8. The number of carbonyl (C=O) groups excluding carboxylic acids is 2. The smallest absolute Gasteiger partial charge is 0.422 e. The number of halogens is 3. The number of alkyl halides is 3. The molecule has 0 aliphatic carbocycles. The fraction of sp³-hybridized carbons (Fsp3) is 0.273. The van der Waals surface area contributed by atoms with Crippen LogP contribution in [-0.4, -0.2) is 76.5 Å². The third-order valence-electron chi connectivity index (χ3n) is 5.03. The SMILES string of the molecule is COC(=O)C1=C(Nc2cc(OCC(F)(F)F)cc(-n3nc4ccccc4n3)c2)C(=O)N(CCO)C1. The van der Waals surface area contributed by atoms with Crippen LogP contribution in [0.25, 0.3) is 16.7 Å². The molecule has 0 radical (unpaired) electrons. The monoisotopic (exact) mass is 491 g/mol. The van der Waals surface area contributed by atoms with E-state index in [0.29, 0.717) is 11.0 Å². The molecule has 0 atom stereocenters. The van der Waals surface area contributed by atoms with Crippen molar-refractivity contribution in [3.8, 4) is 11.4 Å². The van der Waals surface area contributed by atoms with E-state index in [1.807, 2.05) is 0 Å². The van der Waals surface area contributed by atoms with Gasteiger partial charge in [-0.05, 0) is 18.2 Å². The number of β-amino-alcohol motifs (C(OH)–C–C–N with tert-alkyl or cyclic N) is 1. The number of carbonyl (C=O) groups is 2. The van der Waals surface area contributed by atoms with Gasteiger partial charge in [-0.15, -0.1) is 10.2 Å². The lowest BCUT2D eigenvalue weighted by Gasteiger charge is -2.16. The molecule has 0 saturated carbocycles. The van der Waals surface area contributed by atoms with Crippen LogP contribution in [0.5, 0.6) is 5.75 Å². The van der Waals surface area contributed by atoms with Gasteiger partial charge in [-0.3, -0.25) is 4.79 Å². The summed E-state index contributed by atoms with van der Waals surface area (Å²) in [6, 6.07) is 11.0. The molecular weight excluding hydrogens is 471 g/mol.